The van der Waals surface area contributed by atoms with Gasteiger partial charge in [0.15, 0.2) is 5.13 Å². The molecule has 0 saturated heterocycles. The van der Waals surface area contributed by atoms with Crippen molar-refractivity contribution in [1.29, 1.82) is 0 Å². The van der Waals surface area contributed by atoms with Crippen molar-refractivity contribution < 1.29 is 0 Å². The Bertz CT molecular complexity index is 586. The second-order valence-electron chi connectivity index (χ2n) is 4.99. The van der Waals surface area contributed by atoms with E-state index in [0.717, 1.165) is 30.3 Å². The van der Waals surface area contributed by atoms with E-state index in [9.17, 15) is 0 Å². The van der Waals surface area contributed by atoms with Gasteiger partial charge in [-0.25, -0.2) is 4.98 Å². The summed E-state index contributed by atoms with van der Waals surface area (Å²) in [5.74, 6) is 0. The molecule has 1 aromatic carbocycles. The van der Waals surface area contributed by atoms with Crippen molar-refractivity contribution in [1.82, 2.24) is 4.98 Å². The smallest absolute Gasteiger partial charge is 0.190 e. The summed E-state index contributed by atoms with van der Waals surface area (Å²) in [4.78, 5) is 10.6. The van der Waals surface area contributed by atoms with E-state index in [1.54, 1.807) is 11.3 Å². The van der Waals surface area contributed by atoms with Crippen LogP contribution in [0, 0.1) is 0 Å². The normalized spacial score (nSPS) is 14.6. The lowest BCUT2D eigenvalue weighted by Gasteiger charge is -2.35. The molecule has 1 aromatic heterocycles. The van der Waals surface area contributed by atoms with E-state index >= 15 is 0 Å². The van der Waals surface area contributed by atoms with Gasteiger partial charge in [0.2, 0.25) is 0 Å². The van der Waals surface area contributed by atoms with Crippen molar-refractivity contribution >= 4 is 27.8 Å². The molecule has 3 rings (SSSR count). The van der Waals surface area contributed by atoms with Gasteiger partial charge in [0.25, 0.3) is 0 Å². The van der Waals surface area contributed by atoms with Crippen molar-refractivity contribution in [3.8, 4) is 0 Å². The third-order valence-electron chi connectivity index (χ3n) is 3.76. The molecule has 2 heterocycles. The third kappa shape index (κ3) is 2.17. The molecule has 0 saturated carbocycles. The van der Waals surface area contributed by atoms with Crippen LogP contribution in [0.15, 0.2) is 24.3 Å². The Labute approximate surface area is 123 Å². The zero-order chi connectivity index (χ0) is 14.1. The van der Waals surface area contributed by atoms with E-state index in [2.05, 4.69) is 48.0 Å². The Balaban J connectivity index is 2.03. The summed E-state index contributed by atoms with van der Waals surface area (Å²) in [6.07, 6.45) is 0.943. The van der Waals surface area contributed by atoms with Crippen LogP contribution < -0.4 is 15.5 Å². The van der Waals surface area contributed by atoms with E-state index < -0.39 is 0 Å². The minimum atomic E-state index is 0.580. The highest BCUT2D eigenvalue weighted by Gasteiger charge is 2.24. The van der Waals surface area contributed by atoms with Gasteiger partial charge in [-0.3, -0.25) is 0 Å². The largest absolute Gasteiger partial charge is 0.371 e. The van der Waals surface area contributed by atoms with Crippen LogP contribution in [0.25, 0.3) is 0 Å². The number of anilines is 3. The summed E-state index contributed by atoms with van der Waals surface area (Å²) in [5.41, 5.74) is 9.47. The average Bonchev–Trinajstić information content (AvgIpc) is 2.91. The Morgan fingerprint density at radius 2 is 2.00 bits per heavy atom. The van der Waals surface area contributed by atoms with Crippen LogP contribution in [0.3, 0.4) is 0 Å². The second-order valence-corrected chi connectivity index (χ2v) is 6.05. The van der Waals surface area contributed by atoms with E-state index in [1.807, 2.05) is 0 Å². The molecule has 5 heteroatoms. The predicted octanol–water partition coefficient (Wildman–Crippen LogP) is 2.75. The maximum Gasteiger partial charge on any atom is 0.190 e. The van der Waals surface area contributed by atoms with Gasteiger partial charge in [0.05, 0.1) is 17.1 Å². The number of fused-ring (bicyclic) bond motifs is 1. The van der Waals surface area contributed by atoms with Crippen LogP contribution in [0.4, 0.5) is 16.5 Å². The maximum atomic E-state index is 5.83. The molecule has 0 radical (unpaired) electrons. The van der Waals surface area contributed by atoms with Crippen LogP contribution >= 0.6 is 11.3 Å². The summed E-state index contributed by atoms with van der Waals surface area (Å²) >= 11 is 1.73. The molecule has 0 aliphatic carbocycles. The van der Waals surface area contributed by atoms with Crippen LogP contribution in [0.1, 0.15) is 17.5 Å². The third-order valence-corrected chi connectivity index (χ3v) is 4.90. The minimum absolute atomic E-state index is 0.580. The Morgan fingerprint density at radius 3 is 2.65 bits per heavy atom. The fourth-order valence-electron chi connectivity index (χ4n) is 2.63. The molecular formula is C15H20N4S. The quantitative estimate of drug-likeness (QED) is 0.943. The zero-order valence-corrected chi connectivity index (χ0v) is 12.8. The molecule has 0 atom stereocenters. The number of aryl methyl sites for hydroxylation is 1. The van der Waals surface area contributed by atoms with Gasteiger partial charge < -0.3 is 15.5 Å². The molecule has 0 amide bonds. The van der Waals surface area contributed by atoms with Crippen molar-refractivity contribution in [3.63, 3.8) is 0 Å². The molecule has 0 spiro atoms. The first-order valence-corrected chi connectivity index (χ1v) is 7.82. The van der Waals surface area contributed by atoms with Crippen molar-refractivity contribution in [2.24, 2.45) is 5.73 Å². The number of hydrogen-bond donors (Lipinski definition) is 1. The molecule has 4 nitrogen and oxygen atoms in total. The van der Waals surface area contributed by atoms with Crippen molar-refractivity contribution in [3.05, 3.63) is 34.8 Å². The zero-order valence-electron chi connectivity index (χ0n) is 12.0. The van der Waals surface area contributed by atoms with Crippen LogP contribution in [0.2, 0.25) is 0 Å². The van der Waals surface area contributed by atoms with Crippen LogP contribution in [-0.2, 0) is 13.0 Å². The molecule has 106 valence electrons. The first-order valence-electron chi connectivity index (χ1n) is 7.01. The highest BCUT2D eigenvalue weighted by molar-refractivity contribution is 7.15. The summed E-state index contributed by atoms with van der Waals surface area (Å²) in [7, 11) is 2.14. The van der Waals surface area contributed by atoms with Crippen LogP contribution in [-0.4, -0.2) is 25.1 Å². The van der Waals surface area contributed by atoms with Gasteiger partial charge in [0, 0.05) is 31.6 Å². The van der Waals surface area contributed by atoms with Gasteiger partial charge in [-0.2, -0.15) is 0 Å². The summed E-state index contributed by atoms with van der Waals surface area (Å²) < 4.78 is 0. The standard InChI is InChI=1S/C15H20N4S/c1-3-11-14(10-16)20-15(17-11)19-9-8-18(2)12-6-4-5-7-13(12)19/h4-7H,3,8-10,16H2,1-2H3. The van der Waals surface area contributed by atoms with Crippen molar-refractivity contribution in [2.75, 3.05) is 29.9 Å². The Morgan fingerprint density at radius 1 is 1.25 bits per heavy atom. The van der Waals surface area contributed by atoms with Crippen LogP contribution in [0.5, 0.6) is 0 Å². The Kier molecular flexibility index (Phi) is 3.63. The van der Waals surface area contributed by atoms with E-state index in [-0.39, 0.29) is 0 Å². The average molecular weight is 288 g/mol. The fourth-order valence-corrected chi connectivity index (χ4v) is 3.69. The maximum absolute atomic E-state index is 5.83. The number of aromatic nitrogens is 1. The predicted molar refractivity (Wildman–Crippen MR) is 86.1 cm³/mol. The summed E-state index contributed by atoms with van der Waals surface area (Å²) in [6, 6.07) is 8.51. The molecule has 1 aliphatic rings. The number of rotatable bonds is 3. The number of hydrogen-bond acceptors (Lipinski definition) is 5. The molecular weight excluding hydrogens is 268 g/mol. The molecule has 2 N–H and O–H groups in total. The van der Waals surface area contributed by atoms with Gasteiger partial charge >= 0.3 is 0 Å². The van der Waals surface area contributed by atoms with Gasteiger partial charge in [-0.15, -0.1) is 0 Å². The topological polar surface area (TPSA) is 45.4 Å². The fraction of sp³-hybridized carbons (Fsp3) is 0.400. The molecule has 20 heavy (non-hydrogen) atoms. The highest BCUT2D eigenvalue weighted by Crippen LogP contribution is 2.39. The summed E-state index contributed by atoms with van der Waals surface area (Å²) in [6.45, 7) is 4.69. The molecule has 0 unspecified atom stereocenters. The van der Waals surface area contributed by atoms with E-state index in [0.29, 0.717) is 6.54 Å². The SMILES string of the molecule is CCc1nc(N2CCN(C)c3ccccc32)sc1CN. The second kappa shape index (κ2) is 5.42. The van der Waals surface area contributed by atoms with Gasteiger partial charge in [0.1, 0.15) is 0 Å². The molecule has 1 aliphatic heterocycles. The number of nitrogens with zero attached hydrogens (tertiary/aromatic N) is 3. The number of para-hydroxylation sites is 2. The lowest BCUT2D eigenvalue weighted by Crippen LogP contribution is -2.36. The van der Waals surface area contributed by atoms with E-state index in [4.69, 9.17) is 10.7 Å². The first-order chi connectivity index (χ1) is 9.74. The first kappa shape index (κ1) is 13.4. The monoisotopic (exact) mass is 288 g/mol. The van der Waals surface area contributed by atoms with Gasteiger partial charge in [-0.05, 0) is 18.6 Å². The summed E-state index contributed by atoms with van der Waals surface area (Å²) in [5, 5.41) is 1.07. The van der Waals surface area contributed by atoms with E-state index in [1.165, 1.54) is 16.3 Å². The minimum Gasteiger partial charge on any atom is -0.371 e. The number of nitrogens with two attached hydrogens (primary N) is 1. The highest BCUT2D eigenvalue weighted by atomic mass is 32.1. The number of benzene rings is 1. The lowest BCUT2D eigenvalue weighted by atomic mass is 10.2. The molecule has 0 fully saturated rings. The lowest BCUT2D eigenvalue weighted by molar-refractivity contribution is 0.817. The van der Waals surface area contributed by atoms with Gasteiger partial charge in [-0.1, -0.05) is 30.4 Å². The molecule has 2 aromatic rings. The number of likely N-dealkylation sites (N-methyl/N-ethyl adjacent to an activating group) is 1. The molecule has 0 bridgehead atoms. The van der Waals surface area contributed by atoms with Crippen molar-refractivity contribution in [2.45, 2.75) is 19.9 Å². The Hall–Kier alpha value is -1.59. The number of thiazole rings is 1.